The van der Waals surface area contributed by atoms with E-state index >= 15 is 0 Å². The van der Waals surface area contributed by atoms with E-state index in [1.54, 1.807) is 0 Å². The first-order valence-electron chi connectivity index (χ1n) is 4.33. The second-order valence-electron chi connectivity index (χ2n) is 3.04. The van der Waals surface area contributed by atoms with E-state index < -0.39 is 11.6 Å². The number of anilines is 1. The van der Waals surface area contributed by atoms with Crippen molar-refractivity contribution in [2.45, 2.75) is 0 Å². The van der Waals surface area contributed by atoms with Crippen LogP contribution in [-0.2, 0) is 0 Å². The van der Waals surface area contributed by atoms with E-state index in [-0.39, 0.29) is 24.8 Å². The largest absolute Gasteiger partial charge is 0.473 e. The fraction of sp³-hybridized carbons (Fsp3) is 0.444. The Morgan fingerprint density at radius 3 is 2.67 bits per heavy atom. The maximum atomic E-state index is 13.6. The highest BCUT2D eigenvalue weighted by Gasteiger charge is 2.17. The molecule has 1 heterocycles. The van der Waals surface area contributed by atoms with Gasteiger partial charge < -0.3 is 14.7 Å². The molecule has 0 fully saturated rings. The Morgan fingerprint density at radius 2 is 2.13 bits per heavy atom. The fourth-order valence-electron chi connectivity index (χ4n) is 1.09. The van der Waals surface area contributed by atoms with Gasteiger partial charge in [-0.3, -0.25) is 0 Å². The molecule has 6 heteroatoms. The zero-order valence-corrected chi connectivity index (χ0v) is 8.50. The Morgan fingerprint density at radius 1 is 1.47 bits per heavy atom. The van der Waals surface area contributed by atoms with Gasteiger partial charge in [0.05, 0.1) is 12.8 Å². The number of aliphatic hydroxyl groups excluding tert-OH is 1. The lowest BCUT2D eigenvalue weighted by atomic mass is 10.3. The number of nitrogens with zero attached hydrogens (tertiary/aromatic N) is 2. The van der Waals surface area contributed by atoms with Crippen molar-refractivity contribution in [3.63, 3.8) is 0 Å². The second kappa shape index (κ2) is 4.88. The van der Waals surface area contributed by atoms with Crippen molar-refractivity contribution in [2.24, 2.45) is 0 Å². The van der Waals surface area contributed by atoms with Gasteiger partial charge in [-0.05, 0) is 0 Å². The molecule has 1 aromatic rings. The molecule has 0 aliphatic rings. The predicted octanol–water partition coefficient (Wildman–Crippen LogP) is 0.797. The summed E-state index contributed by atoms with van der Waals surface area (Å²) in [6.45, 7) is -0.335. The highest BCUT2D eigenvalue weighted by molar-refractivity contribution is 5.49. The summed E-state index contributed by atoms with van der Waals surface area (Å²) in [7, 11) is 3.02. The van der Waals surface area contributed by atoms with Gasteiger partial charge >= 0.3 is 0 Å². The molecule has 0 aliphatic carbocycles. The van der Waals surface area contributed by atoms with Crippen LogP contribution < -0.4 is 9.64 Å². The van der Waals surface area contributed by atoms with Gasteiger partial charge in [0.15, 0.2) is 5.82 Å². The maximum Gasteiger partial charge on any atom is 0.252 e. The molecule has 1 rings (SSSR count). The lowest BCUT2D eigenvalue weighted by Crippen LogP contribution is -2.15. The van der Waals surface area contributed by atoms with Crippen LogP contribution in [-0.4, -0.2) is 37.4 Å². The van der Waals surface area contributed by atoms with Crippen LogP contribution in [0.25, 0.3) is 0 Å². The molecular formula is C9H12F2N2O2. The Bertz CT molecular complexity index is 345. The lowest BCUT2D eigenvalue weighted by molar-refractivity contribution is 0.191. The number of aromatic nitrogens is 1. The Balaban J connectivity index is 3.05. The average molecular weight is 218 g/mol. The minimum absolute atomic E-state index is 0.0809. The van der Waals surface area contributed by atoms with E-state index in [0.29, 0.717) is 0 Å². The van der Waals surface area contributed by atoms with Gasteiger partial charge in [-0.1, -0.05) is 0 Å². The van der Waals surface area contributed by atoms with Crippen LogP contribution in [0.2, 0.25) is 0 Å². The van der Waals surface area contributed by atoms with E-state index in [1.807, 2.05) is 0 Å². The number of pyridine rings is 1. The third-order valence-corrected chi connectivity index (χ3v) is 1.69. The van der Waals surface area contributed by atoms with Gasteiger partial charge in [0.25, 0.3) is 5.88 Å². The summed E-state index contributed by atoms with van der Waals surface area (Å²) in [6, 6.07) is 0. The van der Waals surface area contributed by atoms with Crippen LogP contribution in [0.3, 0.4) is 0 Å². The molecule has 0 aliphatic heterocycles. The monoisotopic (exact) mass is 218 g/mol. The van der Waals surface area contributed by atoms with Gasteiger partial charge in [0, 0.05) is 14.1 Å². The van der Waals surface area contributed by atoms with Crippen molar-refractivity contribution < 1.29 is 18.6 Å². The van der Waals surface area contributed by atoms with Gasteiger partial charge in [0.2, 0.25) is 5.82 Å². The highest BCUT2D eigenvalue weighted by Crippen LogP contribution is 2.26. The molecule has 0 radical (unpaired) electrons. The van der Waals surface area contributed by atoms with E-state index in [2.05, 4.69) is 4.98 Å². The van der Waals surface area contributed by atoms with Crippen LogP contribution in [0, 0.1) is 11.6 Å². The third-order valence-electron chi connectivity index (χ3n) is 1.69. The molecular weight excluding hydrogens is 206 g/mol. The zero-order valence-electron chi connectivity index (χ0n) is 8.50. The Labute approximate surface area is 86.1 Å². The predicted molar refractivity (Wildman–Crippen MR) is 51.1 cm³/mol. The molecule has 0 atom stereocenters. The number of aliphatic hydroxyl groups is 1. The molecule has 0 saturated carbocycles. The molecule has 4 nitrogen and oxygen atoms in total. The SMILES string of the molecule is CN(C)c1c(F)cnc(OCCO)c1F. The van der Waals surface area contributed by atoms with E-state index in [9.17, 15) is 8.78 Å². The first kappa shape index (κ1) is 11.6. The summed E-state index contributed by atoms with van der Waals surface area (Å²) in [6.07, 6.45) is 0.880. The lowest BCUT2D eigenvalue weighted by Gasteiger charge is -2.15. The van der Waals surface area contributed by atoms with Crippen LogP contribution in [0.1, 0.15) is 0 Å². The topological polar surface area (TPSA) is 45.6 Å². The van der Waals surface area contributed by atoms with E-state index in [0.717, 1.165) is 6.20 Å². The highest BCUT2D eigenvalue weighted by atomic mass is 19.1. The molecule has 0 bridgehead atoms. The van der Waals surface area contributed by atoms with Crippen molar-refractivity contribution in [1.29, 1.82) is 0 Å². The number of hydrogen-bond donors (Lipinski definition) is 1. The summed E-state index contributed by atoms with van der Waals surface area (Å²) >= 11 is 0. The van der Waals surface area contributed by atoms with Crippen LogP contribution in [0.4, 0.5) is 14.5 Å². The number of ether oxygens (including phenoxy) is 1. The Hall–Kier alpha value is -1.43. The second-order valence-corrected chi connectivity index (χ2v) is 3.04. The van der Waals surface area contributed by atoms with Gasteiger partial charge in [0.1, 0.15) is 12.3 Å². The van der Waals surface area contributed by atoms with Gasteiger partial charge in [-0.15, -0.1) is 0 Å². The summed E-state index contributed by atoms with van der Waals surface area (Å²) < 4.78 is 31.5. The Kier molecular flexibility index (Phi) is 3.79. The number of halogens is 2. The molecule has 15 heavy (non-hydrogen) atoms. The van der Waals surface area contributed by atoms with Crippen LogP contribution >= 0.6 is 0 Å². The maximum absolute atomic E-state index is 13.6. The molecule has 1 aromatic heterocycles. The average Bonchev–Trinajstić information content (AvgIpc) is 2.16. The van der Waals surface area contributed by atoms with Crippen LogP contribution in [0.5, 0.6) is 5.88 Å². The molecule has 84 valence electrons. The molecule has 0 saturated heterocycles. The van der Waals surface area contributed by atoms with Crippen LogP contribution in [0.15, 0.2) is 6.20 Å². The first-order chi connectivity index (χ1) is 7.07. The molecule has 0 aromatic carbocycles. The molecule has 0 unspecified atom stereocenters. The normalized spacial score (nSPS) is 10.2. The molecule has 0 spiro atoms. The zero-order chi connectivity index (χ0) is 11.4. The quantitative estimate of drug-likeness (QED) is 0.811. The summed E-state index contributed by atoms with van der Waals surface area (Å²) in [5.74, 6) is -1.93. The first-order valence-corrected chi connectivity index (χ1v) is 4.33. The van der Waals surface area contributed by atoms with Crippen molar-refractivity contribution in [2.75, 3.05) is 32.2 Å². The number of hydrogen-bond acceptors (Lipinski definition) is 4. The minimum atomic E-state index is -0.867. The number of rotatable bonds is 4. The van der Waals surface area contributed by atoms with E-state index in [4.69, 9.17) is 9.84 Å². The summed E-state index contributed by atoms with van der Waals surface area (Å²) in [5, 5.41) is 8.49. The van der Waals surface area contributed by atoms with Crippen molar-refractivity contribution in [3.05, 3.63) is 17.8 Å². The summed E-state index contributed by atoms with van der Waals surface area (Å²) in [5.41, 5.74) is -0.210. The van der Waals surface area contributed by atoms with Crippen molar-refractivity contribution in [1.82, 2.24) is 4.98 Å². The molecule has 0 amide bonds. The third kappa shape index (κ3) is 2.53. The van der Waals surface area contributed by atoms with Gasteiger partial charge in [-0.25, -0.2) is 9.37 Å². The fourth-order valence-corrected chi connectivity index (χ4v) is 1.09. The smallest absolute Gasteiger partial charge is 0.252 e. The van der Waals surface area contributed by atoms with Crippen molar-refractivity contribution in [3.8, 4) is 5.88 Å². The summed E-state index contributed by atoms with van der Waals surface area (Å²) in [4.78, 5) is 4.74. The standard InChI is InChI=1S/C9H12F2N2O2/c1-13(2)8-6(10)5-12-9(7(8)11)15-4-3-14/h5,14H,3-4H2,1-2H3. The van der Waals surface area contributed by atoms with Gasteiger partial charge in [-0.2, -0.15) is 4.39 Å². The molecule has 1 N–H and O–H groups in total. The minimum Gasteiger partial charge on any atom is -0.473 e. The van der Waals surface area contributed by atoms with E-state index in [1.165, 1.54) is 19.0 Å². The van der Waals surface area contributed by atoms with Crippen molar-refractivity contribution >= 4 is 5.69 Å².